The summed E-state index contributed by atoms with van der Waals surface area (Å²) >= 11 is 0. The number of halogens is 1. The van der Waals surface area contributed by atoms with E-state index in [4.69, 9.17) is 9.47 Å². The van der Waals surface area contributed by atoms with Gasteiger partial charge in [-0.15, -0.1) is 19.0 Å². The lowest BCUT2D eigenvalue weighted by Crippen LogP contribution is -2.38. The van der Waals surface area contributed by atoms with Crippen LogP contribution < -0.4 is 10.1 Å². The molecule has 22 heavy (non-hydrogen) atoms. The lowest BCUT2D eigenvalue weighted by atomic mass is 10.2. The van der Waals surface area contributed by atoms with E-state index in [2.05, 4.69) is 11.9 Å². The fraction of sp³-hybridized carbons (Fsp3) is 0.438. The molecule has 6 heteroatoms. The lowest BCUT2D eigenvalue weighted by molar-refractivity contribution is -0.130. The summed E-state index contributed by atoms with van der Waals surface area (Å²) in [5.41, 5.74) is 1.06. The summed E-state index contributed by atoms with van der Waals surface area (Å²) in [6.45, 7) is 6.34. The van der Waals surface area contributed by atoms with Gasteiger partial charge in [-0.3, -0.25) is 4.79 Å². The number of carbonyl (C=O) groups excluding carboxylic acids is 1. The maximum absolute atomic E-state index is 12.2. The van der Waals surface area contributed by atoms with E-state index in [0.29, 0.717) is 32.8 Å². The zero-order chi connectivity index (χ0) is 15.5. The van der Waals surface area contributed by atoms with E-state index in [1.807, 2.05) is 24.3 Å². The van der Waals surface area contributed by atoms with Crippen molar-refractivity contribution in [1.29, 1.82) is 0 Å². The van der Waals surface area contributed by atoms with Gasteiger partial charge >= 0.3 is 0 Å². The second kappa shape index (κ2) is 12.0. The molecule has 1 aromatic carbocycles. The normalized spacial score (nSPS) is 9.73. The highest BCUT2D eigenvalue weighted by molar-refractivity contribution is 5.85. The van der Waals surface area contributed by atoms with E-state index >= 15 is 0 Å². The molecule has 0 unspecified atom stereocenters. The molecule has 0 aliphatic rings. The van der Waals surface area contributed by atoms with Crippen molar-refractivity contribution in [3.8, 4) is 5.75 Å². The van der Waals surface area contributed by atoms with Gasteiger partial charge in [0, 0.05) is 26.7 Å². The third kappa shape index (κ3) is 7.45. The van der Waals surface area contributed by atoms with Crippen LogP contribution in [0.25, 0.3) is 0 Å². The average molecular weight is 329 g/mol. The Balaban J connectivity index is 0.00000441. The minimum absolute atomic E-state index is 0. The first kappa shape index (κ1) is 20.4. The summed E-state index contributed by atoms with van der Waals surface area (Å²) in [5, 5.41) is 3.06. The fourth-order valence-corrected chi connectivity index (χ4v) is 1.84. The fourth-order valence-electron chi connectivity index (χ4n) is 1.84. The molecule has 5 nitrogen and oxygen atoms in total. The van der Waals surface area contributed by atoms with Gasteiger partial charge in [-0.25, -0.2) is 0 Å². The third-order valence-electron chi connectivity index (χ3n) is 2.99. The predicted molar refractivity (Wildman–Crippen MR) is 90.6 cm³/mol. The number of hydrogen-bond donors (Lipinski definition) is 1. The van der Waals surface area contributed by atoms with Crippen LogP contribution in [0.15, 0.2) is 36.9 Å². The summed E-state index contributed by atoms with van der Waals surface area (Å²) in [4.78, 5) is 13.9. The second-order valence-electron chi connectivity index (χ2n) is 4.58. The van der Waals surface area contributed by atoms with Crippen molar-refractivity contribution in [2.24, 2.45) is 0 Å². The Morgan fingerprint density at radius 1 is 1.32 bits per heavy atom. The van der Waals surface area contributed by atoms with Gasteiger partial charge in [0.25, 0.3) is 0 Å². The van der Waals surface area contributed by atoms with E-state index < -0.39 is 0 Å². The minimum Gasteiger partial charge on any atom is -0.497 e. The van der Waals surface area contributed by atoms with Gasteiger partial charge in [-0.1, -0.05) is 18.2 Å². The van der Waals surface area contributed by atoms with Gasteiger partial charge in [0.15, 0.2) is 0 Å². The Bertz CT molecular complexity index is 438. The number of ether oxygens (including phenoxy) is 2. The Hall–Kier alpha value is -1.56. The summed E-state index contributed by atoms with van der Waals surface area (Å²) < 4.78 is 10.1. The van der Waals surface area contributed by atoms with Crippen LogP contribution in [0.1, 0.15) is 5.56 Å². The van der Waals surface area contributed by atoms with Crippen molar-refractivity contribution >= 4 is 18.3 Å². The van der Waals surface area contributed by atoms with Gasteiger partial charge in [0.2, 0.25) is 5.91 Å². The molecule has 0 saturated carbocycles. The van der Waals surface area contributed by atoms with Gasteiger partial charge < -0.3 is 19.7 Å². The first-order chi connectivity index (χ1) is 10.2. The summed E-state index contributed by atoms with van der Waals surface area (Å²) in [7, 11) is 3.27. The van der Waals surface area contributed by atoms with E-state index in [0.717, 1.165) is 11.3 Å². The van der Waals surface area contributed by atoms with Gasteiger partial charge in [-0.2, -0.15) is 0 Å². The van der Waals surface area contributed by atoms with Crippen molar-refractivity contribution in [1.82, 2.24) is 10.2 Å². The predicted octanol–water partition coefficient (Wildman–Crippen LogP) is 1.87. The third-order valence-corrected chi connectivity index (χ3v) is 2.99. The molecule has 0 heterocycles. The quantitative estimate of drug-likeness (QED) is 0.526. The molecule has 1 aromatic rings. The van der Waals surface area contributed by atoms with Gasteiger partial charge in [-0.05, 0) is 17.7 Å². The van der Waals surface area contributed by atoms with Gasteiger partial charge in [0.05, 0.1) is 20.3 Å². The first-order valence-electron chi connectivity index (χ1n) is 6.92. The van der Waals surface area contributed by atoms with E-state index in [9.17, 15) is 4.79 Å². The number of benzene rings is 1. The van der Waals surface area contributed by atoms with Crippen LogP contribution >= 0.6 is 12.4 Å². The topological polar surface area (TPSA) is 50.8 Å². The highest BCUT2D eigenvalue weighted by Gasteiger charge is 2.12. The summed E-state index contributed by atoms with van der Waals surface area (Å²) in [6, 6.07) is 7.70. The van der Waals surface area contributed by atoms with Crippen LogP contribution in [0.4, 0.5) is 0 Å². The maximum atomic E-state index is 12.2. The van der Waals surface area contributed by atoms with Crippen LogP contribution in [0.2, 0.25) is 0 Å². The van der Waals surface area contributed by atoms with Crippen LogP contribution in [0, 0.1) is 0 Å². The first-order valence-corrected chi connectivity index (χ1v) is 6.92. The molecule has 1 amide bonds. The molecular formula is C16H25ClN2O3. The van der Waals surface area contributed by atoms with Crippen molar-refractivity contribution in [2.75, 3.05) is 40.5 Å². The summed E-state index contributed by atoms with van der Waals surface area (Å²) in [5.74, 6) is 0.850. The second-order valence-corrected chi connectivity index (χ2v) is 4.58. The molecule has 0 aromatic heterocycles. The van der Waals surface area contributed by atoms with Gasteiger partial charge in [0.1, 0.15) is 5.75 Å². The molecule has 0 aliphatic heterocycles. The number of nitrogens with zero attached hydrogens (tertiary/aromatic N) is 1. The van der Waals surface area contributed by atoms with E-state index in [1.54, 1.807) is 25.2 Å². The highest BCUT2D eigenvalue weighted by atomic mass is 35.5. The largest absolute Gasteiger partial charge is 0.497 e. The smallest absolute Gasteiger partial charge is 0.237 e. The molecule has 0 radical (unpaired) electrons. The Labute approximate surface area is 138 Å². The number of amides is 1. The zero-order valence-electron chi connectivity index (χ0n) is 13.2. The van der Waals surface area contributed by atoms with E-state index in [1.165, 1.54) is 0 Å². The summed E-state index contributed by atoms with van der Waals surface area (Å²) in [6.07, 6.45) is 1.73. The SMILES string of the molecule is C=CCN(Cc1ccc(OC)cc1)C(=O)CNCCOC.Cl. The Morgan fingerprint density at radius 2 is 2.00 bits per heavy atom. The number of rotatable bonds is 10. The molecule has 0 spiro atoms. The number of methoxy groups -OCH3 is 2. The maximum Gasteiger partial charge on any atom is 0.237 e. The highest BCUT2D eigenvalue weighted by Crippen LogP contribution is 2.13. The molecule has 0 aliphatic carbocycles. The molecule has 1 rings (SSSR count). The molecule has 0 fully saturated rings. The van der Waals surface area contributed by atoms with Crippen LogP contribution in [-0.4, -0.2) is 51.3 Å². The molecular weight excluding hydrogens is 304 g/mol. The van der Waals surface area contributed by atoms with Crippen molar-refractivity contribution in [3.05, 3.63) is 42.5 Å². The molecule has 124 valence electrons. The number of carbonyl (C=O) groups is 1. The van der Waals surface area contributed by atoms with Crippen LogP contribution in [-0.2, 0) is 16.1 Å². The van der Waals surface area contributed by atoms with Crippen LogP contribution in [0.3, 0.4) is 0 Å². The molecule has 1 N–H and O–H groups in total. The Morgan fingerprint density at radius 3 is 2.55 bits per heavy atom. The zero-order valence-corrected chi connectivity index (χ0v) is 14.0. The number of nitrogens with one attached hydrogen (secondary N) is 1. The van der Waals surface area contributed by atoms with Crippen molar-refractivity contribution < 1.29 is 14.3 Å². The standard InChI is InChI=1S/C16H24N2O3.ClH/c1-4-10-18(16(19)12-17-9-11-20-2)13-14-5-7-15(21-3)8-6-14;/h4-8,17H,1,9-13H2,2-3H3;1H. The minimum atomic E-state index is 0. The molecule has 0 atom stereocenters. The average Bonchev–Trinajstić information content (AvgIpc) is 2.51. The monoisotopic (exact) mass is 328 g/mol. The Kier molecular flexibility index (Phi) is 11.2. The van der Waals surface area contributed by atoms with Crippen molar-refractivity contribution in [2.45, 2.75) is 6.54 Å². The van der Waals surface area contributed by atoms with E-state index in [-0.39, 0.29) is 18.3 Å². The number of hydrogen-bond acceptors (Lipinski definition) is 4. The lowest BCUT2D eigenvalue weighted by Gasteiger charge is -2.21. The van der Waals surface area contributed by atoms with Crippen LogP contribution in [0.5, 0.6) is 5.75 Å². The molecule has 0 saturated heterocycles. The molecule has 0 bridgehead atoms. The van der Waals surface area contributed by atoms with Crippen molar-refractivity contribution in [3.63, 3.8) is 0 Å².